The zero-order valence-corrected chi connectivity index (χ0v) is 21.4. The quantitative estimate of drug-likeness (QED) is 0.269. The van der Waals surface area contributed by atoms with Gasteiger partial charge in [-0.25, -0.2) is 9.78 Å². The van der Waals surface area contributed by atoms with Crippen LogP contribution in [0.15, 0.2) is 55.1 Å². The molecule has 0 N–H and O–H groups in total. The number of ether oxygens (including phenoxy) is 4. The first kappa shape index (κ1) is 24.6. The van der Waals surface area contributed by atoms with Gasteiger partial charge in [-0.05, 0) is 47.7 Å². The molecule has 0 aliphatic carbocycles. The molecule has 2 aromatic carbocycles. The first-order valence-corrected chi connectivity index (χ1v) is 12.6. The monoisotopic (exact) mass is 501 g/mol. The molecule has 0 fully saturated rings. The number of methoxy groups -OCH3 is 1. The van der Waals surface area contributed by atoms with Crippen molar-refractivity contribution in [3.8, 4) is 17.2 Å². The van der Waals surface area contributed by atoms with E-state index in [0.717, 1.165) is 59.2 Å². The molecule has 0 saturated heterocycles. The van der Waals surface area contributed by atoms with E-state index in [0.29, 0.717) is 23.6 Å². The number of esters is 1. The van der Waals surface area contributed by atoms with Crippen LogP contribution in [-0.2, 0) is 28.9 Å². The van der Waals surface area contributed by atoms with Gasteiger partial charge in [-0.1, -0.05) is 44.9 Å². The van der Waals surface area contributed by atoms with Gasteiger partial charge in [0.1, 0.15) is 5.75 Å². The summed E-state index contributed by atoms with van der Waals surface area (Å²) in [6, 6.07) is 11.7. The second-order valence-corrected chi connectivity index (χ2v) is 9.11. The number of pyridine rings is 1. The van der Waals surface area contributed by atoms with Gasteiger partial charge in [0, 0.05) is 18.3 Å². The van der Waals surface area contributed by atoms with E-state index in [-0.39, 0.29) is 6.79 Å². The van der Waals surface area contributed by atoms with Crippen molar-refractivity contribution in [3.63, 3.8) is 0 Å². The summed E-state index contributed by atoms with van der Waals surface area (Å²) < 4.78 is 24.8. The Kier molecular flexibility index (Phi) is 7.25. The largest absolute Gasteiger partial charge is 0.473 e. The second kappa shape index (κ2) is 10.9. The van der Waals surface area contributed by atoms with Crippen molar-refractivity contribution in [1.29, 1.82) is 0 Å². The predicted octanol–water partition coefficient (Wildman–Crippen LogP) is 5.41. The van der Waals surface area contributed by atoms with Crippen molar-refractivity contribution in [2.24, 2.45) is 0 Å². The topological polar surface area (TPSA) is 84.7 Å². The average Bonchev–Trinajstić information content (AvgIpc) is 3.55. The van der Waals surface area contributed by atoms with Crippen molar-refractivity contribution >= 4 is 17.0 Å². The Morgan fingerprint density at radius 3 is 2.54 bits per heavy atom. The number of imidazole rings is 1. The Bertz CT molecular complexity index is 1390. The lowest BCUT2D eigenvalue weighted by Crippen LogP contribution is -2.21. The summed E-state index contributed by atoms with van der Waals surface area (Å²) in [4.78, 5) is 21.7. The molecule has 1 atom stereocenters. The number of carbonyl (C=O) groups excluding carboxylic acids is 1. The first-order valence-electron chi connectivity index (χ1n) is 12.6. The van der Waals surface area contributed by atoms with Gasteiger partial charge in [0.2, 0.25) is 12.9 Å². The molecule has 2 aromatic heterocycles. The third-order valence-electron chi connectivity index (χ3n) is 6.47. The summed E-state index contributed by atoms with van der Waals surface area (Å²) in [5.41, 5.74) is 5.86. The van der Waals surface area contributed by atoms with Crippen LogP contribution < -0.4 is 14.2 Å². The Morgan fingerprint density at radius 2 is 1.81 bits per heavy atom. The normalized spacial score (nSPS) is 13.1. The number of fused-ring (bicyclic) bond motifs is 2. The number of aromatic nitrogens is 3. The lowest BCUT2D eigenvalue weighted by atomic mass is 9.97. The van der Waals surface area contributed by atoms with E-state index in [1.165, 1.54) is 7.11 Å². The molecule has 8 nitrogen and oxygen atoms in total. The van der Waals surface area contributed by atoms with Crippen molar-refractivity contribution in [3.05, 3.63) is 77.4 Å². The molecule has 37 heavy (non-hydrogen) atoms. The van der Waals surface area contributed by atoms with Gasteiger partial charge in [-0.15, -0.1) is 0 Å². The number of hydrogen-bond donors (Lipinski definition) is 0. The van der Waals surface area contributed by atoms with E-state index in [1.807, 2.05) is 24.7 Å². The molecule has 0 saturated carbocycles. The first-order chi connectivity index (χ1) is 18.1. The molecule has 1 aliphatic heterocycles. The summed E-state index contributed by atoms with van der Waals surface area (Å²) in [6.45, 7) is 5.10. The van der Waals surface area contributed by atoms with Crippen LogP contribution in [0.25, 0.3) is 11.0 Å². The lowest BCUT2D eigenvalue weighted by molar-refractivity contribution is -0.149. The summed E-state index contributed by atoms with van der Waals surface area (Å²) in [7, 11) is 1.37. The van der Waals surface area contributed by atoms with Gasteiger partial charge in [0.15, 0.2) is 11.5 Å². The molecule has 192 valence electrons. The highest BCUT2D eigenvalue weighted by atomic mass is 16.7. The number of aryl methyl sites for hydroxylation is 2. The summed E-state index contributed by atoms with van der Waals surface area (Å²) >= 11 is 0. The maximum atomic E-state index is 12.9. The predicted molar refractivity (Wildman–Crippen MR) is 139 cm³/mol. The second-order valence-electron chi connectivity index (χ2n) is 9.11. The molecule has 1 aliphatic rings. The summed E-state index contributed by atoms with van der Waals surface area (Å²) in [5.74, 6) is 1.52. The lowest BCUT2D eigenvalue weighted by Gasteiger charge is -2.23. The van der Waals surface area contributed by atoms with Crippen molar-refractivity contribution in [1.82, 2.24) is 14.5 Å². The highest BCUT2D eigenvalue weighted by Crippen LogP contribution is 2.38. The molecule has 0 radical (unpaired) electrons. The molecule has 0 amide bonds. The van der Waals surface area contributed by atoms with E-state index in [9.17, 15) is 4.79 Å². The van der Waals surface area contributed by atoms with E-state index < -0.39 is 12.1 Å². The highest BCUT2D eigenvalue weighted by Gasteiger charge is 2.28. The van der Waals surface area contributed by atoms with E-state index in [1.54, 1.807) is 18.3 Å². The zero-order chi connectivity index (χ0) is 25.8. The highest BCUT2D eigenvalue weighted by molar-refractivity contribution is 5.77. The maximum absolute atomic E-state index is 12.9. The minimum atomic E-state index is -0.930. The Hall–Kier alpha value is -4.07. The van der Waals surface area contributed by atoms with Gasteiger partial charge < -0.3 is 23.5 Å². The van der Waals surface area contributed by atoms with Gasteiger partial charge >= 0.3 is 5.97 Å². The fraction of sp³-hybridized carbons (Fsp3) is 0.345. The fourth-order valence-electron chi connectivity index (χ4n) is 4.76. The number of hydrogen-bond acceptors (Lipinski definition) is 7. The number of rotatable bonds is 10. The molecule has 1 unspecified atom stereocenters. The van der Waals surface area contributed by atoms with Crippen LogP contribution >= 0.6 is 0 Å². The SMILES string of the molecule is CCCc1cc(Cn2cnc3ccncc32)cc(CCC)c1OC(C(=O)OC)c1ccc2c(c1)OCO2. The van der Waals surface area contributed by atoms with Gasteiger partial charge in [-0.3, -0.25) is 4.98 Å². The standard InChI is InChI=1S/C29H31N3O5/c1-4-6-20-12-19(16-32-17-31-23-10-11-30-15-24(23)32)13-21(7-5-2)27(20)37-28(29(33)34-3)22-8-9-25-26(14-22)36-18-35-25/h8-15,17,28H,4-7,16,18H2,1-3H3. The molecule has 5 rings (SSSR count). The Balaban J connectivity index is 1.53. The van der Waals surface area contributed by atoms with E-state index >= 15 is 0 Å². The maximum Gasteiger partial charge on any atom is 0.351 e. The van der Waals surface area contributed by atoms with Gasteiger partial charge in [-0.2, -0.15) is 0 Å². The number of carbonyl (C=O) groups is 1. The summed E-state index contributed by atoms with van der Waals surface area (Å²) in [5, 5.41) is 0. The fourth-order valence-corrected chi connectivity index (χ4v) is 4.76. The summed E-state index contributed by atoms with van der Waals surface area (Å²) in [6.07, 6.45) is 8.03. The third kappa shape index (κ3) is 5.09. The van der Waals surface area contributed by atoms with Crippen LogP contribution in [-0.4, -0.2) is 34.4 Å². The average molecular weight is 502 g/mol. The van der Waals surface area contributed by atoms with Crippen molar-refractivity contribution in [2.75, 3.05) is 13.9 Å². The van der Waals surface area contributed by atoms with Crippen LogP contribution in [0, 0.1) is 0 Å². The van der Waals surface area contributed by atoms with Crippen LogP contribution in [0.4, 0.5) is 0 Å². The molecule has 0 bridgehead atoms. The van der Waals surface area contributed by atoms with Crippen LogP contribution in [0.5, 0.6) is 17.2 Å². The minimum Gasteiger partial charge on any atom is -0.473 e. The molecule has 8 heteroatoms. The van der Waals surface area contributed by atoms with E-state index in [4.69, 9.17) is 18.9 Å². The minimum absolute atomic E-state index is 0.160. The Labute approximate surface area is 216 Å². The van der Waals surface area contributed by atoms with Crippen LogP contribution in [0.2, 0.25) is 0 Å². The van der Waals surface area contributed by atoms with Crippen molar-refractivity contribution < 1.29 is 23.7 Å². The van der Waals surface area contributed by atoms with Crippen LogP contribution in [0.1, 0.15) is 55.0 Å². The van der Waals surface area contributed by atoms with Crippen molar-refractivity contribution in [2.45, 2.75) is 52.2 Å². The molecule has 3 heterocycles. The smallest absolute Gasteiger partial charge is 0.351 e. The number of nitrogens with zero attached hydrogens (tertiary/aromatic N) is 3. The number of benzene rings is 2. The molecule has 0 spiro atoms. The van der Waals surface area contributed by atoms with Crippen LogP contribution in [0.3, 0.4) is 0 Å². The molecule has 4 aromatic rings. The van der Waals surface area contributed by atoms with E-state index in [2.05, 4.69) is 40.5 Å². The Morgan fingerprint density at radius 1 is 1.05 bits per heavy atom. The third-order valence-corrected chi connectivity index (χ3v) is 6.47. The molecular formula is C29H31N3O5. The zero-order valence-electron chi connectivity index (χ0n) is 21.4. The molecular weight excluding hydrogens is 470 g/mol. The van der Waals surface area contributed by atoms with Gasteiger partial charge in [0.05, 0.1) is 30.7 Å². The van der Waals surface area contributed by atoms with Gasteiger partial charge in [0.25, 0.3) is 0 Å².